The molecule has 0 unspecified atom stereocenters. The highest BCUT2D eigenvalue weighted by atomic mass is 16.5. The van der Waals surface area contributed by atoms with E-state index in [1.165, 1.54) is 16.7 Å². The zero-order valence-electron chi connectivity index (χ0n) is 8.31. The first-order valence-electron chi connectivity index (χ1n) is 5.05. The smallest absolute Gasteiger partial charge is 0.0731 e. The SMILES string of the molecule is c1ccc(-c2cccc3c2COC3)nc1. The molecule has 0 atom stereocenters. The standard InChI is InChI=1S/C13H11NO/c1-2-7-14-13(6-1)11-5-3-4-10-8-15-9-12(10)11/h1-7H,8-9H2. The van der Waals surface area contributed by atoms with Gasteiger partial charge in [-0.05, 0) is 23.3 Å². The average Bonchev–Trinajstić information content (AvgIpc) is 2.78. The van der Waals surface area contributed by atoms with E-state index in [9.17, 15) is 0 Å². The number of fused-ring (bicyclic) bond motifs is 1. The Hall–Kier alpha value is -1.67. The summed E-state index contributed by atoms with van der Waals surface area (Å²) in [6.45, 7) is 1.44. The number of benzene rings is 1. The van der Waals surface area contributed by atoms with E-state index in [0.717, 1.165) is 12.3 Å². The molecule has 1 aliphatic heterocycles. The third-order valence-electron chi connectivity index (χ3n) is 2.72. The fourth-order valence-corrected chi connectivity index (χ4v) is 1.97. The number of pyridine rings is 1. The van der Waals surface area contributed by atoms with Crippen molar-refractivity contribution < 1.29 is 4.74 Å². The average molecular weight is 197 g/mol. The van der Waals surface area contributed by atoms with Crippen molar-refractivity contribution in [3.63, 3.8) is 0 Å². The van der Waals surface area contributed by atoms with E-state index < -0.39 is 0 Å². The fraction of sp³-hybridized carbons (Fsp3) is 0.154. The molecule has 0 saturated carbocycles. The molecule has 0 radical (unpaired) electrons. The van der Waals surface area contributed by atoms with Crippen molar-refractivity contribution in [3.05, 3.63) is 53.7 Å². The molecule has 2 heteroatoms. The topological polar surface area (TPSA) is 22.1 Å². The predicted molar refractivity (Wildman–Crippen MR) is 58.2 cm³/mol. The van der Waals surface area contributed by atoms with Gasteiger partial charge in [0.05, 0.1) is 18.9 Å². The summed E-state index contributed by atoms with van der Waals surface area (Å²) < 4.78 is 5.45. The van der Waals surface area contributed by atoms with E-state index >= 15 is 0 Å². The number of nitrogens with zero attached hydrogens (tertiary/aromatic N) is 1. The Bertz CT molecular complexity index is 479. The first kappa shape index (κ1) is 8.62. The molecule has 0 saturated heterocycles. The molecule has 1 aromatic carbocycles. The van der Waals surface area contributed by atoms with E-state index in [1.807, 2.05) is 24.4 Å². The van der Waals surface area contributed by atoms with Gasteiger partial charge in [0.25, 0.3) is 0 Å². The van der Waals surface area contributed by atoms with E-state index in [-0.39, 0.29) is 0 Å². The zero-order chi connectivity index (χ0) is 10.1. The van der Waals surface area contributed by atoms with Gasteiger partial charge in [0.1, 0.15) is 0 Å². The highest BCUT2D eigenvalue weighted by molar-refractivity contribution is 5.65. The van der Waals surface area contributed by atoms with Crippen LogP contribution < -0.4 is 0 Å². The molecule has 2 nitrogen and oxygen atoms in total. The first-order valence-corrected chi connectivity index (χ1v) is 5.05. The van der Waals surface area contributed by atoms with Crippen LogP contribution in [0.25, 0.3) is 11.3 Å². The number of rotatable bonds is 1. The van der Waals surface area contributed by atoms with Crippen LogP contribution in [0.2, 0.25) is 0 Å². The second kappa shape index (κ2) is 3.48. The van der Waals surface area contributed by atoms with Gasteiger partial charge in [-0.25, -0.2) is 0 Å². The molecule has 0 fully saturated rings. The molecule has 15 heavy (non-hydrogen) atoms. The second-order valence-corrected chi connectivity index (χ2v) is 3.65. The van der Waals surface area contributed by atoms with Crippen molar-refractivity contribution in [1.29, 1.82) is 0 Å². The number of aromatic nitrogens is 1. The summed E-state index contributed by atoms with van der Waals surface area (Å²) in [5.41, 5.74) is 4.81. The molecule has 1 aliphatic rings. The molecular weight excluding hydrogens is 186 g/mol. The quantitative estimate of drug-likeness (QED) is 0.701. The van der Waals surface area contributed by atoms with Crippen LogP contribution in [0.1, 0.15) is 11.1 Å². The van der Waals surface area contributed by atoms with Gasteiger partial charge in [-0.1, -0.05) is 24.3 Å². The molecule has 1 aromatic heterocycles. The molecule has 74 valence electrons. The van der Waals surface area contributed by atoms with Crippen molar-refractivity contribution in [2.45, 2.75) is 13.2 Å². The van der Waals surface area contributed by atoms with Gasteiger partial charge in [-0.15, -0.1) is 0 Å². The molecule has 3 rings (SSSR count). The highest BCUT2D eigenvalue weighted by Crippen LogP contribution is 2.29. The Morgan fingerprint density at radius 2 is 2.00 bits per heavy atom. The maximum atomic E-state index is 5.45. The monoisotopic (exact) mass is 197 g/mol. The van der Waals surface area contributed by atoms with E-state index in [4.69, 9.17) is 4.74 Å². The molecule has 2 heterocycles. The van der Waals surface area contributed by atoms with Crippen LogP contribution in [0.5, 0.6) is 0 Å². The summed E-state index contributed by atoms with van der Waals surface area (Å²) in [6, 6.07) is 12.3. The summed E-state index contributed by atoms with van der Waals surface area (Å²) in [7, 11) is 0. The van der Waals surface area contributed by atoms with Crippen LogP contribution in [0, 0.1) is 0 Å². The van der Waals surface area contributed by atoms with Crippen molar-refractivity contribution >= 4 is 0 Å². The van der Waals surface area contributed by atoms with Crippen molar-refractivity contribution in [2.75, 3.05) is 0 Å². The maximum Gasteiger partial charge on any atom is 0.0731 e. The lowest BCUT2D eigenvalue weighted by atomic mass is 10.0. The van der Waals surface area contributed by atoms with Gasteiger partial charge in [0.15, 0.2) is 0 Å². The van der Waals surface area contributed by atoms with E-state index in [2.05, 4.69) is 23.2 Å². The lowest BCUT2D eigenvalue weighted by Gasteiger charge is -2.05. The fourth-order valence-electron chi connectivity index (χ4n) is 1.97. The summed E-state index contributed by atoms with van der Waals surface area (Å²) in [4.78, 5) is 4.37. The Kier molecular flexibility index (Phi) is 2.00. The molecule has 0 spiro atoms. The van der Waals surface area contributed by atoms with Crippen LogP contribution in [-0.4, -0.2) is 4.98 Å². The summed E-state index contributed by atoms with van der Waals surface area (Å²) in [5.74, 6) is 0. The van der Waals surface area contributed by atoms with E-state index in [0.29, 0.717) is 6.61 Å². The minimum Gasteiger partial charge on any atom is -0.372 e. The summed E-state index contributed by atoms with van der Waals surface area (Å²) >= 11 is 0. The lowest BCUT2D eigenvalue weighted by molar-refractivity contribution is 0.134. The molecule has 0 N–H and O–H groups in total. The number of ether oxygens (including phenoxy) is 1. The Balaban J connectivity index is 2.17. The third-order valence-corrected chi connectivity index (χ3v) is 2.72. The first-order chi connectivity index (χ1) is 7.45. The summed E-state index contributed by atoms with van der Waals surface area (Å²) in [5, 5.41) is 0. The van der Waals surface area contributed by atoms with Crippen LogP contribution in [0.3, 0.4) is 0 Å². The Morgan fingerprint density at radius 3 is 2.87 bits per heavy atom. The van der Waals surface area contributed by atoms with Crippen LogP contribution in [0.4, 0.5) is 0 Å². The van der Waals surface area contributed by atoms with Gasteiger partial charge < -0.3 is 4.74 Å². The van der Waals surface area contributed by atoms with Crippen molar-refractivity contribution in [3.8, 4) is 11.3 Å². The third kappa shape index (κ3) is 1.43. The minimum absolute atomic E-state index is 0.710. The number of hydrogen-bond acceptors (Lipinski definition) is 2. The van der Waals surface area contributed by atoms with Crippen LogP contribution in [0.15, 0.2) is 42.6 Å². The largest absolute Gasteiger partial charge is 0.372 e. The predicted octanol–water partition coefficient (Wildman–Crippen LogP) is 2.78. The van der Waals surface area contributed by atoms with Gasteiger partial charge in [0.2, 0.25) is 0 Å². The lowest BCUT2D eigenvalue weighted by Crippen LogP contribution is -1.89. The zero-order valence-corrected chi connectivity index (χ0v) is 8.31. The second-order valence-electron chi connectivity index (χ2n) is 3.65. The van der Waals surface area contributed by atoms with Gasteiger partial charge in [-0.3, -0.25) is 4.98 Å². The van der Waals surface area contributed by atoms with Gasteiger partial charge in [0, 0.05) is 11.8 Å². The summed E-state index contributed by atoms with van der Waals surface area (Å²) in [6.07, 6.45) is 1.82. The normalized spacial score (nSPS) is 13.9. The van der Waals surface area contributed by atoms with E-state index in [1.54, 1.807) is 0 Å². The van der Waals surface area contributed by atoms with Crippen molar-refractivity contribution in [2.24, 2.45) is 0 Å². The van der Waals surface area contributed by atoms with Crippen LogP contribution in [-0.2, 0) is 18.0 Å². The molecule has 2 aromatic rings. The number of hydrogen-bond donors (Lipinski definition) is 0. The molecule has 0 amide bonds. The minimum atomic E-state index is 0.710. The van der Waals surface area contributed by atoms with Gasteiger partial charge >= 0.3 is 0 Å². The Labute approximate surface area is 88.5 Å². The molecular formula is C13H11NO. The molecule has 0 bridgehead atoms. The van der Waals surface area contributed by atoms with Crippen LogP contribution >= 0.6 is 0 Å². The Morgan fingerprint density at radius 1 is 1.00 bits per heavy atom. The highest BCUT2D eigenvalue weighted by Gasteiger charge is 2.15. The van der Waals surface area contributed by atoms with Crippen molar-refractivity contribution in [1.82, 2.24) is 4.98 Å². The molecule has 0 aliphatic carbocycles. The van der Waals surface area contributed by atoms with Gasteiger partial charge in [-0.2, -0.15) is 0 Å². The maximum absolute atomic E-state index is 5.45.